The molecule has 3 aromatic rings. The molecule has 2 aromatic carbocycles. The Morgan fingerprint density at radius 1 is 1.22 bits per heavy atom. The topological polar surface area (TPSA) is 46.9 Å². The van der Waals surface area contributed by atoms with Gasteiger partial charge in [0.15, 0.2) is 5.82 Å². The van der Waals surface area contributed by atoms with Crippen molar-refractivity contribution in [3.8, 4) is 0 Å². The van der Waals surface area contributed by atoms with E-state index in [1.807, 2.05) is 0 Å². The van der Waals surface area contributed by atoms with E-state index in [0.717, 1.165) is 5.69 Å². The summed E-state index contributed by atoms with van der Waals surface area (Å²) in [6, 6.07) is 11.9. The van der Waals surface area contributed by atoms with Crippen molar-refractivity contribution in [2.75, 3.05) is 5.32 Å². The van der Waals surface area contributed by atoms with Crippen molar-refractivity contribution in [1.29, 1.82) is 0 Å². The number of benzene rings is 2. The maximum Gasteiger partial charge on any atom is 0.249 e. The number of aromatic nitrogens is 2. The van der Waals surface area contributed by atoms with Crippen molar-refractivity contribution in [2.45, 2.75) is 13.5 Å². The lowest BCUT2D eigenvalue weighted by atomic mass is 10.2. The zero-order chi connectivity index (χ0) is 19.4. The van der Waals surface area contributed by atoms with E-state index in [2.05, 4.69) is 10.4 Å². The van der Waals surface area contributed by atoms with Gasteiger partial charge < -0.3 is 5.32 Å². The summed E-state index contributed by atoms with van der Waals surface area (Å²) in [6.45, 7) is 1.95. The van der Waals surface area contributed by atoms with E-state index in [1.165, 1.54) is 30.3 Å². The Morgan fingerprint density at radius 3 is 2.67 bits per heavy atom. The van der Waals surface area contributed by atoms with Crippen molar-refractivity contribution >= 4 is 29.4 Å². The van der Waals surface area contributed by atoms with Crippen LogP contribution in [0.4, 0.5) is 14.6 Å². The molecule has 0 radical (unpaired) electrons. The zero-order valence-corrected chi connectivity index (χ0v) is 15.2. The van der Waals surface area contributed by atoms with Crippen LogP contribution in [0.1, 0.15) is 16.8 Å². The predicted molar refractivity (Wildman–Crippen MR) is 102 cm³/mol. The van der Waals surface area contributed by atoms with Gasteiger partial charge in [-0.1, -0.05) is 29.8 Å². The number of hydrogen-bond donors (Lipinski definition) is 1. The molecule has 0 bridgehead atoms. The number of hydrogen-bond acceptors (Lipinski definition) is 2. The average molecular weight is 388 g/mol. The van der Waals surface area contributed by atoms with Gasteiger partial charge in [-0.2, -0.15) is 5.10 Å². The van der Waals surface area contributed by atoms with E-state index < -0.39 is 5.82 Å². The first-order chi connectivity index (χ1) is 12.9. The number of halogens is 3. The fourth-order valence-corrected chi connectivity index (χ4v) is 2.70. The quantitative estimate of drug-likeness (QED) is 0.638. The molecule has 27 heavy (non-hydrogen) atoms. The number of rotatable bonds is 5. The molecule has 138 valence electrons. The van der Waals surface area contributed by atoms with Gasteiger partial charge in [0.2, 0.25) is 5.91 Å². The number of anilines is 1. The van der Waals surface area contributed by atoms with Gasteiger partial charge in [-0.3, -0.25) is 9.48 Å². The van der Waals surface area contributed by atoms with E-state index in [0.29, 0.717) is 22.0 Å². The highest BCUT2D eigenvalue weighted by atomic mass is 35.5. The van der Waals surface area contributed by atoms with Gasteiger partial charge in [-0.05, 0) is 42.8 Å². The Balaban J connectivity index is 1.69. The molecule has 0 atom stereocenters. The number of amides is 1. The zero-order valence-electron chi connectivity index (χ0n) is 14.4. The molecule has 0 saturated carbocycles. The second-order valence-electron chi connectivity index (χ2n) is 5.90. The van der Waals surface area contributed by atoms with E-state index >= 15 is 0 Å². The molecule has 0 aliphatic heterocycles. The normalized spacial score (nSPS) is 11.1. The molecule has 1 aromatic heterocycles. The smallest absolute Gasteiger partial charge is 0.249 e. The summed E-state index contributed by atoms with van der Waals surface area (Å²) in [4.78, 5) is 12.0. The lowest BCUT2D eigenvalue weighted by Crippen LogP contribution is -2.10. The van der Waals surface area contributed by atoms with Crippen LogP contribution >= 0.6 is 11.6 Å². The molecule has 0 aliphatic carbocycles. The minimum Gasteiger partial charge on any atom is -0.306 e. The van der Waals surface area contributed by atoms with Gasteiger partial charge >= 0.3 is 0 Å². The van der Waals surface area contributed by atoms with Crippen LogP contribution in [-0.4, -0.2) is 15.7 Å². The fourth-order valence-electron chi connectivity index (χ4n) is 2.48. The van der Waals surface area contributed by atoms with Crippen LogP contribution in [-0.2, 0) is 11.3 Å². The Morgan fingerprint density at radius 2 is 1.96 bits per heavy atom. The Hall–Kier alpha value is -2.99. The monoisotopic (exact) mass is 387 g/mol. The summed E-state index contributed by atoms with van der Waals surface area (Å²) in [5, 5.41) is 7.23. The second kappa shape index (κ2) is 8.14. The Bertz CT molecular complexity index is 977. The lowest BCUT2D eigenvalue weighted by Gasteiger charge is -2.07. The predicted octanol–water partition coefficient (Wildman–Crippen LogP) is 4.82. The summed E-state index contributed by atoms with van der Waals surface area (Å²) < 4.78 is 28.4. The van der Waals surface area contributed by atoms with Crippen molar-refractivity contribution < 1.29 is 13.6 Å². The van der Waals surface area contributed by atoms with Crippen LogP contribution in [0.15, 0.2) is 54.6 Å². The first kappa shape index (κ1) is 18.8. The summed E-state index contributed by atoms with van der Waals surface area (Å²) in [6.07, 6.45) is 2.90. The molecule has 7 heteroatoms. The standard InChI is InChI=1S/C20H16ClF2N3O/c1-13-11-19(24-20(27)10-7-14-5-8-15(22)9-6-14)25-26(13)12-16-17(21)3-2-4-18(16)23/h2-11H,12H2,1H3,(H,24,25,27)/b10-7+. The van der Waals surface area contributed by atoms with Crippen molar-refractivity contribution in [3.63, 3.8) is 0 Å². The van der Waals surface area contributed by atoms with Crippen LogP contribution in [0.2, 0.25) is 5.02 Å². The Labute approximate surface area is 160 Å². The number of carbonyl (C=O) groups excluding carboxylic acids is 1. The SMILES string of the molecule is Cc1cc(NC(=O)/C=C/c2ccc(F)cc2)nn1Cc1c(F)cccc1Cl. The van der Waals surface area contributed by atoms with E-state index in [-0.39, 0.29) is 18.3 Å². The molecule has 4 nitrogen and oxygen atoms in total. The molecule has 0 saturated heterocycles. The summed E-state index contributed by atoms with van der Waals surface area (Å²) in [5.74, 6) is -0.792. The highest BCUT2D eigenvalue weighted by Crippen LogP contribution is 2.21. The molecular weight excluding hydrogens is 372 g/mol. The van der Waals surface area contributed by atoms with Crippen LogP contribution in [0.5, 0.6) is 0 Å². The van der Waals surface area contributed by atoms with Crippen LogP contribution in [0.25, 0.3) is 6.08 Å². The molecule has 0 fully saturated rings. The molecule has 0 unspecified atom stereocenters. The highest BCUT2D eigenvalue weighted by Gasteiger charge is 2.11. The maximum atomic E-state index is 13.9. The van der Waals surface area contributed by atoms with E-state index in [4.69, 9.17) is 11.6 Å². The van der Waals surface area contributed by atoms with Gasteiger partial charge in [0, 0.05) is 28.4 Å². The van der Waals surface area contributed by atoms with Gasteiger partial charge in [-0.25, -0.2) is 8.78 Å². The molecule has 0 spiro atoms. The molecule has 0 aliphatic rings. The number of carbonyl (C=O) groups is 1. The second-order valence-corrected chi connectivity index (χ2v) is 6.31. The van der Waals surface area contributed by atoms with Crippen LogP contribution in [0, 0.1) is 18.6 Å². The molecule has 1 amide bonds. The molecular formula is C20H16ClF2N3O. The lowest BCUT2D eigenvalue weighted by molar-refractivity contribution is -0.111. The minimum atomic E-state index is -0.412. The average Bonchev–Trinajstić information content (AvgIpc) is 2.97. The molecule has 3 rings (SSSR count). The van der Waals surface area contributed by atoms with Crippen LogP contribution < -0.4 is 5.32 Å². The third-order valence-corrected chi connectivity index (χ3v) is 4.25. The maximum absolute atomic E-state index is 13.9. The van der Waals surface area contributed by atoms with E-state index in [9.17, 15) is 13.6 Å². The fraction of sp³-hybridized carbons (Fsp3) is 0.100. The third kappa shape index (κ3) is 4.80. The summed E-state index contributed by atoms with van der Waals surface area (Å²) >= 11 is 6.05. The number of nitrogens with one attached hydrogen (secondary N) is 1. The summed E-state index contributed by atoms with van der Waals surface area (Å²) in [5.41, 5.74) is 1.77. The third-order valence-electron chi connectivity index (χ3n) is 3.90. The van der Waals surface area contributed by atoms with Crippen molar-refractivity contribution in [2.24, 2.45) is 0 Å². The largest absolute Gasteiger partial charge is 0.306 e. The van der Waals surface area contributed by atoms with Gasteiger partial charge in [0.1, 0.15) is 11.6 Å². The summed E-state index contributed by atoms with van der Waals surface area (Å²) in [7, 11) is 0. The number of aryl methyl sites for hydroxylation is 1. The van der Waals surface area contributed by atoms with Gasteiger partial charge in [-0.15, -0.1) is 0 Å². The Kier molecular flexibility index (Phi) is 5.66. The van der Waals surface area contributed by atoms with Crippen LogP contribution in [0.3, 0.4) is 0 Å². The van der Waals surface area contributed by atoms with Gasteiger partial charge in [0.25, 0.3) is 0 Å². The van der Waals surface area contributed by atoms with Gasteiger partial charge in [0.05, 0.1) is 6.54 Å². The highest BCUT2D eigenvalue weighted by molar-refractivity contribution is 6.31. The van der Waals surface area contributed by atoms with Crippen molar-refractivity contribution in [3.05, 3.63) is 88.1 Å². The first-order valence-electron chi connectivity index (χ1n) is 8.14. The molecule has 1 N–H and O–H groups in total. The molecule has 1 heterocycles. The minimum absolute atomic E-state index is 0.151. The number of nitrogens with zero attached hydrogens (tertiary/aromatic N) is 2. The van der Waals surface area contributed by atoms with Crippen molar-refractivity contribution in [1.82, 2.24) is 9.78 Å². The van der Waals surface area contributed by atoms with E-state index in [1.54, 1.807) is 41.9 Å². The first-order valence-corrected chi connectivity index (χ1v) is 8.52.